The molecule has 2 unspecified atom stereocenters. The van der Waals surface area contributed by atoms with Crippen LogP contribution in [0.2, 0.25) is 0 Å². The second kappa shape index (κ2) is 6.67. The first-order chi connectivity index (χ1) is 9.86. The molecule has 2 fully saturated rings. The summed E-state index contributed by atoms with van der Waals surface area (Å²) in [6, 6.07) is 0.636. The molecule has 0 bridgehead atoms. The summed E-state index contributed by atoms with van der Waals surface area (Å²) in [4.78, 5) is 10.4. The van der Waals surface area contributed by atoms with Crippen LogP contribution in [0.3, 0.4) is 0 Å². The smallest absolute Gasteiger partial charge is 0.136 e. The molecular formula is C14H24N4O2. The van der Waals surface area contributed by atoms with Crippen LogP contribution < -0.4 is 5.32 Å². The molecule has 1 aromatic rings. The third kappa shape index (κ3) is 3.20. The van der Waals surface area contributed by atoms with Crippen molar-refractivity contribution in [2.75, 3.05) is 40.0 Å². The third-order valence-corrected chi connectivity index (χ3v) is 4.14. The van der Waals surface area contributed by atoms with Crippen molar-refractivity contribution < 1.29 is 9.47 Å². The van der Waals surface area contributed by atoms with Crippen LogP contribution in [-0.2, 0) is 16.0 Å². The Hall–Kier alpha value is -0.950. The summed E-state index contributed by atoms with van der Waals surface area (Å²) < 4.78 is 11.0. The van der Waals surface area contributed by atoms with Crippen LogP contribution in [0.15, 0.2) is 6.20 Å². The van der Waals surface area contributed by atoms with E-state index in [0.29, 0.717) is 6.04 Å². The van der Waals surface area contributed by atoms with Crippen molar-refractivity contribution in [3.8, 4) is 0 Å². The Balaban J connectivity index is 1.51. The minimum absolute atomic E-state index is 0.0945. The van der Waals surface area contributed by atoms with Gasteiger partial charge in [0.25, 0.3) is 0 Å². The number of hydrogen-bond donors (Lipinski definition) is 2. The molecule has 0 spiro atoms. The maximum absolute atomic E-state index is 5.96. The summed E-state index contributed by atoms with van der Waals surface area (Å²) in [7, 11) is 1.71. The highest BCUT2D eigenvalue weighted by Gasteiger charge is 2.33. The van der Waals surface area contributed by atoms with Gasteiger partial charge in [0.05, 0.1) is 13.2 Å². The van der Waals surface area contributed by atoms with Crippen LogP contribution in [0.25, 0.3) is 0 Å². The van der Waals surface area contributed by atoms with E-state index in [4.69, 9.17) is 9.47 Å². The highest BCUT2D eigenvalue weighted by molar-refractivity contribution is 5.05. The lowest BCUT2D eigenvalue weighted by atomic mass is 10.2. The van der Waals surface area contributed by atoms with Crippen LogP contribution in [-0.4, -0.2) is 60.9 Å². The number of fused-ring (bicyclic) bond motifs is 1. The molecule has 2 saturated heterocycles. The van der Waals surface area contributed by atoms with E-state index in [0.717, 1.165) is 44.4 Å². The normalized spacial score (nSPS) is 26.9. The maximum atomic E-state index is 5.96. The van der Waals surface area contributed by atoms with Crippen molar-refractivity contribution in [1.82, 2.24) is 20.2 Å². The Morgan fingerprint density at radius 3 is 3.45 bits per heavy atom. The highest BCUT2D eigenvalue weighted by Crippen LogP contribution is 2.28. The van der Waals surface area contributed by atoms with Crippen molar-refractivity contribution >= 4 is 0 Å². The zero-order chi connectivity index (χ0) is 13.8. The number of rotatable bonds is 6. The predicted molar refractivity (Wildman–Crippen MR) is 75.5 cm³/mol. The standard InChI is InChI=1S/C14H24N4O2/c1-19-6-4-15-7-11-8-16-14(17-11)13-9-18-5-2-3-12(18)10-20-13/h8,12-13,15H,2-7,9-10H2,1H3,(H,16,17). The zero-order valence-corrected chi connectivity index (χ0v) is 12.1. The van der Waals surface area contributed by atoms with Gasteiger partial charge in [0, 0.05) is 44.7 Å². The summed E-state index contributed by atoms with van der Waals surface area (Å²) in [6.07, 6.45) is 4.57. The first-order valence-corrected chi connectivity index (χ1v) is 7.46. The zero-order valence-electron chi connectivity index (χ0n) is 12.1. The van der Waals surface area contributed by atoms with Crippen molar-refractivity contribution in [3.63, 3.8) is 0 Å². The van der Waals surface area contributed by atoms with E-state index in [-0.39, 0.29) is 6.10 Å². The molecule has 0 aromatic carbocycles. The van der Waals surface area contributed by atoms with Gasteiger partial charge >= 0.3 is 0 Å². The molecule has 0 saturated carbocycles. The van der Waals surface area contributed by atoms with E-state index in [9.17, 15) is 0 Å². The lowest BCUT2D eigenvalue weighted by Gasteiger charge is -2.34. The predicted octanol–water partition coefficient (Wildman–Crippen LogP) is 0.681. The SMILES string of the molecule is COCCNCc1cnc(C2CN3CCCC3CO2)[nH]1. The minimum atomic E-state index is 0.0945. The molecule has 6 heteroatoms. The van der Waals surface area contributed by atoms with Crippen molar-refractivity contribution in [2.24, 2.45) is 0 Å². The number of aromatic nitrogens is 2. The van der Waals surface area contributed by atoms with Gasteiger partial charge < -0.3 is 19.8 Å². The number of H-pyrrole nitrogens is 1. The van der Waals surface area contributed by atoms with Gasteiger partial charge in [-0.1, -0.05) is 0 Å². The van der Waals surface area contributed by atoms with Gasteiger partial charge in [-0.15, -0.1) is 0 Å². The molecule has 2 atom stereocenters. The first kappa shape index (κ1) is 14.0. The monoisotopic (exact) mass is 280 g/mol. The average Bonchev–Trinajstić information content (AvgIpc) is 3.11. The Bertz CT molecular complexity index is 423. The van der Waals surface area contributed by atoms with Gasteiger partial charge in [-0.2, -0.15) is 0 Å². The summed E-state index contributed by atoms with van der Waals surface area (Å²) in [6.45, 7) is 5.37. The molecule has 2 N–H and O–H groups in total. The van der Waals surface area contributed by atoms with Gasteiger partial charge in [0.15, 0.2) is 0 Å². The number of ether oxygens (including phenoxy) is 2. The molecule has 0 amide bonds. The van der Waals surface area contributed by atoms with Gasteiger partial charge in [-0.3, -0.25) is 4.90 Å². The number of hydrogen-bond acceptors (Lipinski definition) is 5. The molecule has 3 heterocycles. The minimum Gasteiger partial charge on any atom is -0.383 e. The number of imidazole rings is 1. The van der Waals surface area contributed by atoms with Crippen LogP contribution in [0.4, 0.5) is 0 Å². The lowest BCUT2D eigenvalue weighted by Crippen LogP contribution is -2.42. The number of aromatic amines is 1. The Labute approximate surface area is 119 Å². The van der Waals surface area contributed by atoms with Crippen molar-refractivity contribution in [3.05, 3.63) is 17.7 Å². The van der Waals surface area contributed by atoms with Crippen LogP contribution >= 0.6 is 0 Å². The molecule has 3 rings (SSSR count). The molecule has 6 nitrogen and oxygen atoms in total. The van der Waals surface area contributed by atoms with Crippen molar-refractivity contribution in [2.45, 2.75) is 31.5 Å². The molecule has 0 radical (unpaired) electrons. The van der Waals surface area contributed by atoms with E-state index in [1.807, 2.05) is 6.20 Å². The summed E-state index contributed by atoms with van der Waals surface area (Å²) in [5, 5.41) is 3.31. The summed E-state index contributed by atoms with van der Waals surface area (Å²) in [5.41, 5.74) is 1.10. The Morgan fingerprint density at radius 2 is 2.55 bits per heavy atom. The third-order valence-electron chi connectivity index (χ3n) is 4.14. The topological polar surface area (TPSA) is 62.4 Å². The van der Waals surface area contributed by atoms with Crippen molar-refractivity contribution in [1.29, 1.82) is 0 Å². The average molecular weight is 280 g/mol. The number of morpholine rings is 1. The van der Waals surface area contributed by atoms with Gasteiger partial charge in [0.2, 0.25) is 0 Å². The summed E-state index contributed by atoms with van der Waals surface area (Å²) >= 11 is 0. The largest absolute Gasteiger partial charge is 0.383 e. The van der Waals surface area contributed by atoms with E-state index in [1.54, 1.807) is 7.11 Å². The fourth-order valence-electron chi connectivity index (χ4n) is 3.01. The van der Waals surface area contributed by atoms with E-state index in [1.165, 1.54) is 19.4 Å². The number of nitrogens with zero attached hydrogens (tertiary/aromatic N) is 2. The second-order valence-corrected chi connectivity index (χ2v) is 5.58. The van der Waals surface area contributed by atoms with Gasteiger partial charge in [-0.05, 0) is 19.4 Å². The molecule has 1 aromatic heterocycles. The van der Waals surface area contributed by atoms with Gasteiger partial charge in [0.1, 0.15) is 11.9 Å². The van der Waals surface area contributed by atoms with E-state index < -0.39 is 0 Å². The number of methoxy groups -OCH3 is 1. The fourth-order valence-corrected chi connectivity index (χ4v) is 3.01. The molecule has 2 aliphatic heterocycles. The molecule has 112 valence electrons. The Morgan fingerprint density at radius 1 is 1.60 bits per heavy atom. The Kier molecular flexibility index (Phi) is 4.67. The van der Waals surface area contributed by atoms with E-state index in [2.05, 4.69) is 20.2 Å². The molecule has 20 heavy (non-hydrogen) atoms. The summed E-state index contributed by atoms with van der Waals surface area (Å²) in [5.74, 6) is 0.957. The van der Waals surface area contributed by atoms with Gasteiger partial charge in [-0.25, -0.2) is 4.98 Å². The number of nitrogens with one attached hydrogen (secondary N) is 2. The van der Waals surface area contributed by atoms with E-state index >= 15 is 0 Å². The molecule has 2 aliphatic rings. The fraction of sp³-hybridized carbons (Fsp3) is 0.786. The second-order valence-electron chi connectivity index (χ2n) is 5.58. The van der Waals surface area contributed by atoms with Crippen LogP contribution in [0.1, 0.15) is 30.5 Å². The quantitative estimate of drug-likeness (QED) is 0.750. The lowest BCUT2D eigenvalue weighted by molar-refractivity contribution is -0.0538. The van der Waals surface area contributed by atoms with Crippen LogP contribution in [0, 0.1) is 0 Å². The maximum Gasteiger partial charge on any atom is 0.136 e. The molecular weight excluding hydrogens is 256 g/mol. The van der Waals surface area contributed by atoms with Crippen LogP contribution in [0.5, 0.6) is 0 Å². The highest BCUT2D eigenvalue weighted by atomic mass is 16.5. The molecule has 0 aliphatic carbocycles. The first-order valence-electron chi connectivity index (χ1n) is 7.46.